The van der Waals surface area contributed by atoms with Crippen molar-refractivity contribution in [1.29, 1.82) is 0 Å². The van der Waals surface area contributed by atoms with Crippen LogP contribution >= 0.6 is 11.6 Å². The Hall–Kier alpha value is -2.05. The topological polar surface area (TPSA) is 68.3 Å². The van der Waals surface area contributed by atoms with Gasteiger partial charge in [0, 0.05) is 36.5 Å². The Kier molecular flexibility index (Phi) is 6.01. The highest BCUT2D eigenvalue weighted by atomic mass is 35.5. The van der Waals surface area contributed by atoms with Crippen molar-refractivity contribution >= 4 is 29.1 Å². The van der Waals surface area contributed by atoms with E-state index in [1.807, 2.05) is 26.0 Å². The van der Waals surface area contributed by atoms with E-state index in [1.54, 1.807) is 20.3 Å². The van der Waals surface area contributed by atoms with Gasteiger partial charge in [-0.15, -0.1) is 0 Å². The summed E-state index contributed by atoms with van der Waals surface area (Å²) in [5.41, 5.74) is 2.57. The maximum Gasteiger partial charge on any atom is 0.229 e. The van der Waals surface area contributed by atoms with Gasteiger partial charge in [0.15, 0.2) is 0 Å². The molecule has 0 saturated heterocycles. The molecule has 124 valence electrons. The van der Waals surface area contributed by atoms with Crippen molar-refractivity contribution in [1.82, 2.24) is 9.97 Å². The largest absolute Gasteiger partial charge is 0.495 e. The Balaban J connectivity index is 2.24. The zero-order valence-corrected chi connectivity index (χ0v) is 14.5. The molecule has 23 heavy (non-hydrogen) atoms. The minimum Gasteiger partial charge on any atom is -0.495 e. The number of anilines is 3. The summed E-state index contributed by atoms with van der Waals surface area (Å²) in [6.07, 6.45) is 0. The third-order valence-electron chi connectivity index (χ3n) is 3.19. The standard InChI is InChI=1S/C16H21ClN4O2/c1-10-7-13(14(23-4)9-12(10)17)20-16-19-11(2)8-15(21-16)18-5-6-22-3/h7-9H,5-6H2,1-4H3,(H2,18,19,20,21). The fourth-order valence-electron chi connectivity index (χ4n) is 2.05. The van der Waals surface area contributed by atoms with E-state index in [-0.39, 0.29) is 0 Å². The molecule has 0 radical (unpaired) electrons. The first-order chi connectivity index (χ1) is 11.0. The molecular weight excluding hydrogens is 316 g/mol. The lowest BCUT2D eigenvalue weighted by atomic mass is 10.2. The highest BCUT2D eigenvalue weighted by Gasteiger charge is 2.10. The number of aryl methyl sites for hydroxylation is 2. The van der Waals surface area contributed by atoms with Crippen molar-refractivity contribution in [3.05, 3.63) is 34.5 Å². The van der Waals surface area contributed by atoms with Crippen LogP contribution in [0.15, 0.2) is 18.2 Å². The van der Waals surface area contributed by atoms with Gasteiger partial charge in [-0.2, -0.15) is 4.98 Å². The van der Waals surface area contributed by atoms with E-state index in [2.05, 4.69) is 20.6 Å². The molecule has 0 amide bonds. The van der Waals surface area contributed by atoms with E-state index in [1.165, 1.54) is 0 Å². The number of halogens is 1. The Morgan fingerprint density at radius 2 is 1.91 bits per heavy atom. The van der Waals surface area contributed by atoms with Crippen LogP contribution in [0.3, 0.4) is 0 Å². The van der Waals surface area contributed by atoms with Crippen LogP contribution in [0.25, 0.3) is 0 Å². The second kappa shape index (κ2) is 7.99. The van der Waals surface area contributed by atoms with E-state index >= 15 is 0 Å². The number of ether oxygens (including phenoxy) is 2. The van der Waals surface area contributed by atoms with Gasteiger partial charge < -0.3 is 20.1 Å². The third-order valence-corrected chi connectivity index (χ3v) is 3.60. The Morgan fingerprint density at radius 1 is 1.13 bits per heavy atom. The van der Waals surface area contributed by atoms with Gasteiger partial charge >= 0.3 is 0 Å². The van der Waals surface area contributed by atoms with Crippen molar-refractivity contribution in [2.75, 3.05) is 38.0 Å². The van der Waals surface area contributed by atoms with Crippen LogP contribution in [0.5, 0.6) is 5.75 Å². The van der Waals surface area contributed by atoms with E-state index in [4.69, 9.17) is 21.1 Å². The van der Waals surface area contributed by atoms with Gasteiger partial charge in [0.05, 0.1) is 19.4 Å². The summed E-state index contributed by atoms with van der Waals surface area (Å²) >= 11 is 6.13. The fourth-order valence-corrected chi connectivity index (χ4v) is 2.20. The number of rotatable bonds is 7. The molecule has 2 aromatic rings. The van der Waals surface area contributed by atoms with Gasteiger partial charge in [-0.05, 0) is 25.5 Å². The molecule has 2 rings (SSSR count). The Bertz CT molecular complexity index is 679. The maximum absolute atomic E-state index is 6.13. The van der Waals surface area contributed by atoms with E-state index in [9.17, 15) is 0 Å². The van der Waals surface area contributed by atoms with Crippen molar-refractivity contribution in [2.45, 2.75) is 13.8 Å². The fraction of sp³-hybridized carbons (Fsp3) is 0.375. The molecule has 1 heterocycles. The molecule has 0 aliphatic rings. The summed E-state index contributed by atoms with van der Waals surface area (Å²) in [6, 6.07) is 5.56. The monoisotopic (exact) mass is 336 g/mol. The van der Waals surface area contributed by atoms with E-state index in [0.29, 0.717) is 29.9 Å². The highest BCUT2D eigenvalue weighted by molar-refractivity contribution is 6.31. The maximum atomic E-state index is 6.13. The first kappa shape index (κ1) is 17.3. The van der Waals surface area contributed by atoms with Crippen molar-refractivity contribution in [2.24, 2.45) is 0 Å². The van der Waals surface area contributed by atoms with Crippen LogP contribution in [0.1, 0.15) is 11.3 Å². The van der Waals surface area contributed by atoms with Crippen LogP contribution in [-0.2, 0) is 4.74 Å². The zero-order chi connectivity index (χ0) is 16.8. The van der Waals surface area contributed by atoms with Crippen molar-refractivity contribution in [3.63, 3.8) is 0 Å². The van der Waals surface area contributed by atoms with Gasteiger partial charge in [0.1, 0.15) is 11.6 Å². The quantitative estimate of drug-likeness (QED) is 0.753. The second-order valence-corrected chi connectivity index (χ2v) is 5.47. The molecule has 1 aromatic heterocycles. The van der Waals surface area contributed by atoms with Gasteiger partial charge in [0.25, 0.3) is 0 Å². The molecular formula is C16H21ClN4O2. The summed E-state index contributed by atoms with van der Waals surface area (Å²) in [5, 5.41) is 7.03. The van der Waals surface area contributed by atoms with Crippen molar-refractivity contribution < 1.29 is 9.47 Å². The summed E-state index contributed by atoms with van der Waals surface area (Å²) in [7, 11) is 3.26. The normalized spacial score (nSPS) is 10.5. The zero-order valence-electron chi connectivity index (χ0n) is 13.7. The molecule has 0 bridgehead atoms. The van der Waals surface area contributed by atoms with Crippen LogP contribution in [0.2, 0.25) is 5.02 Å². The first-order valence-electron chi connectivity index (χ1n) is 7.23. The molecule has 0 spiro atoms. The first-order valence-corrected chi connectivity index (χ1v) is 7.61. The Morgan fingerprint density at radius 3 is 2.61 bits per heavy atom. The highest BCUT2D eigenvalue weighted by Crippen LogP contribution is 2.32. The Labute approximate surface area is 141 Å². The average Bonchev–Trinajstić information content (AvgIpc) is 2.50. The minimum atomic E-state index is 0.491. The SMILES string of the molecule is COCCNc1cc(C)nc(Nc2cc(C)c(Cl)cc2OC)n1. The molecule has 2 N–H and O–H groups in total. The summed E-state index contributed by atoms with van der Waals surface area (Å²) < 4.78 is 10.4. The molecule has 0 aliphatic carbocycles. The molecule has 0 fully saturated rings. The number of benzene rings is 1. The number of hydrogen-bond acceptors (Lipinski definition) is 6. The lowest BCUT2D eigenvalue weighted by Crippen LogP contribution is -2.10. The number of nitrogens with zero attached hydrogens (tertiary/aromatic N) is 2. The lowest BCUT2D eigenvalue weighted by Gasteiger charge is -2.13. The lowest BCUT2D eigenvalue weighted by molar-refractivity contribution is 0.210. The summed E-state index contributed by atoms with van der Waals surface area (Å²) in [6.45, 7) is 5.13. The molecule has 0 aliphatic heterocycles. The molecule has 7 heteroatoms. The predicted octanol–water partition coefficient (Wildman–Crippen LogP) is 3.56. The molecule has 0 atom stereocenters. The van der Waals surface area contributed by atoms with Crippen molar-refractivity contribution in [3.8, 4) is 5.75 Å². The molecule has 1 aromatic carbocycles. The minimum absolute atomic E-state index is 0.491. The predicted molar refractivity (Wildman–Crippen MR) is 93.2 cm³/mol. The smallest absolute Gasteiger partial charge is 0.229 e. The number of aromatic nitrogens is 2. The second-order valence-electron chi connectivity index (χ2n) is 5.06. The molecule has 0 unspecified atom stereocenters. The average molecular weight is 337 g/mol. The van der Waals surface area contributed by atoms with Gasteiger partial charge in [0.2, 0.25) is 5.95 Å². The third kappa shape index (κ3) is 4.71. The van der Waals surface area contributed by atoms with Crippen LogP contribution in [0.4, 0.5) is 17.5 Å². The van der Waals surface area contributed by atoms with Crippen LogP contribution in [-0.4, -0.2) is 37.3 Å². The van der Waals surface area contributed by atoms with Gasteiger partial charge in [-0.25, -0.2) is 4.98 Å². The number of nitrogens with one attached hydrogen (secondary N) is 2. The summed E-state index contributed by atoms with van der Waals surface area (Å²) in [4.78, 5) is 8.85. The number of methoxy groups -OCH3 is 2. The summed E-state index contributed by atoms with van der Waals surface area (Å²) in [5.74, 6) is 1.87. The van der Waals surface area contributed by atoms with Gasteiger partial charge in [-0.3, -0.25) is 0 Å². The molecule has 0 saturated carbocycles. The van der Waals surface area contributed by atoms with Gasteiger partial charge in [-0.1, -0.05) is 11.6 Å². The van der Waals surface area contributed by atoms with Crippen LogP contribution < -0.4 is 15.4 Å². The molecule has 6 nitrogen and oxygen atoms in total. The van der Waals surface area contributed by atoms with E-state index < -0.39 is 0 Å². The number of hydrogen-bond donors (Lipinski definition) is 2. The van der Waals surface area contributed by atoms with E-state index in [0.717, 1.165) is 22.8 Å². The van der Waals surface area contributed by atoms with Crippen LogP contribution in [0, 0.1) is 13.8 Å².